The Balaban J connectivity index is 1.79. The van der Waals surface area contributed by atoms with Gasteiger partial charge in [0, 0.05) is 50.4 Å². The van der Waals surface area contributed by atoms with E-state index in [1.165, 1.54) is 0 Å². The predicted molar refractivity (Wildman–Crippen MR) is 265 cm³/mol. The zero-order valence-electron chi connectivity index (χ0n) is 42.9. The third-order valence-corrected chi connectivity index (χ3v) is 11.1. The molecule has 3 rings (SSSR count). The van der Waals surface area contributed by atoms with Gasteiger partial charge in [-0.15, -0.1) is 0 Å². The Morgan fingerprint density at radius 3 is 1.38 bits per heavy atom. The van der Waals surface area contributed by atoms with E-state index < -0.39 is 64.8 Å². The first kappa shape index (κ1) is 57.6. The first-order valence-corrected chi connectivity index (χ1v) is 24.8. The highest BCUT2D eigenvalue weighted by molar-refractivity contribution is 5.93. The van der Waals surface area contributed by atoms with Gasteiger partial charge < -0.3 is 45.5 Å². The van der Waals surface area contributed by atoms with Crippen LogP contribution in [0.4, 0.5) is 14.4 Å². The molecule has 1 aliphatic rings. The number of hydrogen-bond donors (Lipinski definition) is 5. The van der Waals surface area contributed by atoms with Crippen molar-refractivity contribution >= 4 is 41.8 Å². The van der Waals surface area contributed by atoms with Crippen molar-refractivity contribution in [3.05, 3.63) is 59.7 Å². The van der Waals surface area contributed by atoms with Gasteiger partial charge in [0.1, 0.15) is 23.4 Å². The molecule has 0 saturated heterocycles. The molecule has 0 aromatic heterocycles. The number of Topliss-reactive ketones (excluding diaryl/α,β-unsaturated/α-hetero) is 1. The van der Waals surface area contributed by atoms with Crippen LogP contribution in [0.25, 0.3) is 11.1 Å². The third-order valence-electron chi connectivity index (χ3n) is 11.1. The van der Waals surface area contributed by atoms with Gasteiger partial charge in [-0.3, -0.25) is 19.2 Å². The molecule has 2 aromatic rings. The molecule has 5 N–H and O–H groups in total. The fourth-order valence-corrected chi connectivity index (χ4v) is 7.93. The van der Waals surface area contributed by atoms with Crippen molar-refractivity contribution in [3.63, 3.8) is 0 Å². The zero-order valence-corrected chi connectivity index (χ0v) is 42.9. The monoisotopic (exact) mass is 964 g/mol. The van der Waals surface area contributed by atoms with Crippen LogP contribution in [0.1, 0.15) is 163 Å². The van der Waals surface area contributed by atoms with Crippen LogP contribution in [-0.4, -0.2) is 97.5 Å². The van der Waals surface area contributed by atoms with Crippen molar-refractivity contribution < 1.29 is 52.5 Å². The quantitative estimate of drug-likeness (QED) is 0.0323. The van der Waals surface area contributed by atoms with Crippen LogP contribution < -0.4 is 26.6 Å². The van der Waals surface area contributed by atoms with Gasteiger partial charge in [0.05, 0.1) is 12.5 Å². The number of ether oxygens (including phenoxy) is 4. The number of carbonyl (C=O) groups is 7. The van der Waals surface area contributed by atoms with E-state index in [-0.39, 0.29) is 63.0 Å². The lowest BCUT2D eigenvalue weighted by Crippen LogP contribution is -2.45. The molecule has 2 aromatic carbocycles. The zero-order chi connectivity index (χ0) is 51.2. The maximum atomic E-state index is 14.4. The number of rotatable bonds is 27. The van der Waals surface area contributed by atoms with Crippen molar-refractivity contribution in [1.29, 1.82) is 0 Å². The summed E-state index contributed by atoms with van der Waals surface area (Å²) in [6.07, 6.45) is 2.39. The summed E-state index contributed by atoms with van der Waals surface area (Å²) in [6.45, 7) is 19.3. The highest BCUT2D eigenvalue weighted by Gasteiger charge is 2.33. The molecule has 0 bridgehead atoms. The summed E-state index contributed by atoms with van der Waals surface area (Å²) in [5.74, 6) is -3.44. The van der Waals surface area contributed by atoms with Gasteiger partial charge >= 0.3 is 24.2 Å². The number of carbonyl (C=O) groups excluding carboxylic acids is 7. The molecule has 0 heterocycles. The van der Waals surface area contributed by atoms with Gasteiger partial charge in [0.2, 0.25) is 11.8 Å². The van der Waals surface area contributed by atoms with Crippen molar-refractivity contribution in [1.82, 2.24) is 26.6 Å². The Morgan fingerprint density at radius 2 is 0.942 bits per heavy atom. The largest absolute Gasteiger partial charge is 0.465 e. The van der Waals surface area contributed by atoms with Crippen molar-refractivity contribution in [2.45, 2.75) is 175 Å². The van der Waals surface area contributed by atoms with E-state index >= 15 is 0 Å². The van der Waals surface area contributed by atoms with Crippen molar-refractivity contribution in [2.75, 3.05) is 32.8 Å². The third kappa shape index (κ3) is 22.5. The lowest BCUT2D eigenvalue weighted by atomic mass is 9.90. The number of benzene rings is 2. The Labute approximate surface area is 410 Å². The summed E-state index contributed by atoms with van der Waals surface area (Å²) in [5.41, 5.74) is 2.30. The molecule has 3 atom stereocenters. The van der Waals surface area contributed by atoms with Gasteiger partial charge in [-0.05, 0) is 136 Å². The molecule has 0 fully saturated rings. The summed E-state index contributed by atoms with van der Waals surface area (Å²) in [6, 6.07) is 15.0. The minimum atomic E-state index is -1.01. The van der Waals surface area contributed by atoms with Gasteiger partial charge in [0.15, 0.2) is 5.78 Å². The second-order valence-electron chi connectivity index (χ2n) is 20.8. The van der Waals surface area contributed by atoms with E-state index in [1.807, 2.05) is 43.3 Å². The Hall–Kier alpha value is -5.67. The SMILES string of the molecule is CCCNC(=O)[C@H](CCCCNC(=O)OC(C)(C)C)CC(=O)[C@H](CCCCNC(=O)OC(C)(C)C)NC(=O)[C@H](CCCCNC(=O)OC(C)(C)C)CC(=O)OCC1c2ccccc2-c2ccccc21. The van der Waals surface area contributed by atoms with Crippen LogP contribution in [0.2, 0.25) is 0 Å². The summed E-state index contributed by atoms with van der Waals surface area (Å²) >= 11 is 0. The number of nitrogens with one attached hydrogen (secondary N) is 5. The summed E-state index contributed by atoms with van der Waals surface area (Å²) < 4.78 is 22.0. The highest BCUT2D eigenvalue weighted by atomic mass is 16.6. The summed E-state index contributed by atoms with van der Waals surface area (Å²) in [7, 11) is 0. The molecule has 0 saturated carbocycles. The standard InChI is InChI=1S/C53H81N5O11/c1-11-29-54-46(61)36(22-16-19-30-55-48(63)67-51(2,3)4)33-44(59)43(28-18-21-32-57-50(65)69-53(8,9)10)58-47(62)37(23-17-20-31-56-49(64)68-52(5,6)7)34-45(60)66-35-42-40-26-14-12-24-38(40)39-25-13-15-27-41(39)42/h12-15,24-27,36-37,42-43H,11,16-23,28-35H2,1-10H3,(H,54,61)(H,55,63)(H,56,64)(H,57,65)(H,58,62)/t36-,37-,43+/m1/s1. The first-order chi connectivity index (χ1) is 32.5. The number of alkyl carbamates (subject to hydrolysis) is 3. The number of unbranched alkanes of at least 4 members (excludes halogenated alkanes) is 3. The Morgan fingerprint density at radius 1 is 0.522 bits per heavy atom. The molecule has 16 nitrogen and oxygen atoms in total. The number of fused-ring (bicyclic) bond motifs is 3. The molecule has 16 heteroatoms. The number of esters is 1. The fraction of sp³-hybridized carbons (Fsp3) is 0.642. The topological polar surface area (TPSA) is 217 Å². The van der Waals surface area contributed by atoms with Crippen LogP contribution in [0, 0.1) is 11.8 Å². The molecule has 384 valence electrons. The van der Waals surface area contributed by atoms with Crippen LogP contribution in [0.15, 0.2) is 48.5 Å². The predicted octanol–water partition coefficient (Wildman–Crippen LogP) is 9.02. The van der Waals surface area contributed by atoms with E-state index in [9.17, 15) is 33.6 Å². The maximum Gasteiger partial charge on any atom is 0.407 e. The van der Waals surface area contributed by atoms with E-state index in [1.54, 1.807) is 62.3 Å². The van der Waals surface area contributed by atoms with E-state index in [2.05, 4.69) is 38.7 Å². The van der Waals surface area contributed by atoms with E-state index in [0.29, 0.717) is 64.5 Å². The van der Waals surface area contributed by atoms with Gasteiger partial charge in [-0.1, -0.05) is 68.3 Å². The Bertz CT molecular complexity index is 1960. The molecule has 0 aliphatic heterocycles. The minimum absolute atomic E-state index is 0.0813. The average molecular weight is 964 g/mol. The summed E-state index contributed by atoms with van der Waals surface area (Å²) in [5, 5.41) is 14.1. The smallest absolute Gasteiger partial charge is 0.407 e. The molecule has 0 spiro atoms. The fourth-order valence-electron chi connectivity index (χ4n) is 7.93. The maximum absolute atomic E-state index is 14.4. The lowest BCUT2D eigenvalue weighted by Gasteiger charge is -2.24. The van der Waals surface area contributed by atoms with Crippen molar-refractivity contribution in [3.8, 4) is 11.1 Å². The van der Waals surface area contributed by atoms with Crippen molar-refractivity contribution in [2.24, 2.45) is 11.8 Å². The van der Waals surface area contributed by atoms with Gasteiger partial charge in [-0.25, -0.2) is 14.4 Å². The lowest BCUT2D eigenvalue weighted by molar-refractivity contribution is -0.147. The normalized spacial score (nSPS) is 13.7. The Kier molecular flexibility index (Phi) is 23.5. The summed E-state index contributed by atoms with van der Waals surface area (Å²) in [4.78, 5) is 92.8. The molecule has 0 radical (unpaired) electrons. The molecule has 69 heavy (non-hydrogen) atoms. The number of hydrogen-bond acceptors (Lipinski definition) is 11. The van der Waals surface area contributed by atoms with Crippen LogP contribution in [0.3, 0.4) is 0 Å². The second kappa shape index (κ2) is 28.1. The molecular formula is C53H81N5O11. The molecular weight excluding hydrogens is 883 g/mol. The molecule has 1 aliphatic carbocycles. The van der Waals surface area contributed by atoms with Crippen LogP contribution in [0.5, 0.6) is 0 Å². The van der Waals surface area contributed by atoms with E-state index in [4.69, 9.17) is 18.9 Å². The highest BCUT2D eigenvalue weighted by Crippen LogP contribution is 2.44. The van der Waals surface area contributed by atoms with Crippen LogP contribution in [-0.2, 0) is 38.1 Å². The van der Waals surface area contributed by atoms with Gasteiger partial charge in [-0.2, -0.15) is 0 Å². The second-order valence-corrected chi connectivity index (χ2v) is 20.8. The first-order valence-electron chi connectivity index (χ1n) is 24.8. The molecule has 5 amide bonds. The number of amides is 5. The average Bonchev–Trinajstić information content (AvgIpc) is 3.57. The van der Waals surface area contributed by atoms with E-state index in [0.717, 1.165) is 22.3 Å². The van der Waals surface area contributed by atoms with Crippen LogP contribution >= 0.6 is 0 Å². The minimum Gasteiger partial charge on any atom is -0.465 e. The number of ketones is 1. The molecule has 0 unspecified atom stereocenters. The van der Waals surface area contributed by atoms with Gasteiger partial charge in [0.25, 0.3) is 0 Å².